The number of hydrogen-bond donors (Lipinski definition) is 0. The quantitative estimate of drug-likeness (QED) is 0.561. The van der Waals surface area contributed by atoms with Crippen LogP contribution < -0.4 is 0 Å². The minimum absolute atomic E-state index is 0. The predicted molar refractivity (Wildman–Crippen MR) is 35.1 cm³/mol. The maximum atomic E-state index is 2.06. The molecule has 0 aromatic carbocycles. The molecule has 0 spiro atoms. The Kier molecular flexibility index (Phi) is 108. The fraction of sp³-hybridized carbons (Fsp3) is 1.00. The Morgan fingerprint density at radius 1 is 1.00 bits per heavy atom. The molecule has 0 aromatic heterocycles. The number of rotatable bonds is 0. The molecule has 0 radical (unpaired) electrons. The molecule has 0 aromatic rings. The first-order chi connectivity index (χ1) is 1.00. The van der Waals surface area contributed by atoms with Crippen LogP contribution in [0.3, 0.4) is 0 Å². The van der Waals surface area contributed by atoms with Crippen molar-refractivity contribution in [3.63, 3.8) is 0 Å². The van der Waals surface area contributed by atoms with Crippen LogP contribution in [0.4, 0.5) is 0 Å². The van der Waals surface area contributed by atoms with Crippen molar-refractivity contribution in [1.29, 1.82) is 0 Å². The van der Waals surface area contributed by atoms with Crippen molar-refractivity contribution in [3.8, 4) is 0 Å². The zero-order chi connectivity index (χ0) is 2.00. The van der Waals surface area contributed by atoms with Crippen molar-refractivity contribution in [2.45, 2.75) is 5.71 Å². The van der Waals surface area contributed by atoms with Gasteiger partial charge in [-0.05, 0) is 0 Å². The summed E-state index contributed by atoms with van der Waals surface area (Å²) in [6, 6.07) is 0. The molecule has 1 atom stereocenters. The average Bonchev–Trinajstić information content (AvgIpc) is 1.00. The molecular weight excluding hydrogens is 247 g/mol. The molecule has 30 valence electrons. The SMILES string of the molecule is Br.Br.C[AsH2]. The molecule has 0 nitrogen and oxygen atoms in total. The fourth-order valence-electron chi connectivity index (χ4n) is 0. The summed E-state index contributed by atoms with van der Waals surface area (Å²) in [5.74, 6) is 0. The molecule has 0 fully saturated rings. The van der Waals surface area contributed by atoms with Crippen molar-refractivity contribution in [2.24, 2.45) is 0 Å². The topological polar surface area (TPSA) is 0 Å². The molecular formula is CH7AsBr2. The summed E-state index contributed by atoms with van der Waals surface area (Å²) in [4.78, 5) is 0. The van der Waals surface area contributed by atoms with Gasteiger partial charge < -0.3 is 0 Å². The van der Waals surface area contributed by atoms with Crippen LogP contribution in [0.15, 0.2) is 0 Å². The average molecular weight is 254 g/mol. The van der Waals surface area contributed by atoms with Gasteiger partial charge in [0.25, 0.3) is 0 Å². The van der Waals surface area contributed by atoms with E-state index >= 15 is 0 Å². The summed E-state index contributed by atoms with van der Waals surface area (Å²) >= 11 is 1.69. The molecule has 0 heterocycles. The van der Waals surface area contributed by atoms with E-state index in [1.54, 1.807) is 16.9 Å². The van der Waals surface area contributed by atoms with Gasteiger partial charge in [0.2, 0.25) is 0 Å². The first-order valence-corrected chi connectivity index (χ1v) is 3.00. The molecule has 0 amide bonds. The molecule has 0 aliphatic rings. The van der Waals surface area contributed by atoms with Crippen LogP contribution >= 0.6 is 34.0 Å². The summed E-state index contributed by atoms with van der Waals surface area (Å²) in [6.07, 6.45) is 0. The zero-order valence-corrected chi connectivity index (χ0v) is 8.24. The third-order valence-corrected chi connectivity index (χ3v) is 0. The third kappa shape index (κ3) is 9.68. The minimum atomic E-state index is 0. The van der Waals surface area contributed by atoms with Crippen LogP contribution in [0.2, 0.25) is 5.71 Å². The summed E-state index contributed by atoms with van der Waals surface area (Å²) in [6.45, 7) is 0. The Bertz CT molecular complexity index is 6.00. The van der Waals surface area contributed by atoms with Crippen molar-refractivity contribution >= 4 is 50.8 Å². The molecule has 0 aliphatic heterocycles. The maximum absolute atomic E-state index is 2.06. The molecule has 0 aliphatic carbocycles. The van der Waals surface area contributed by atoms with Gasteiger partial charge in [0.15, 0.2) is 0 Å². The van der Waals surface area contributed by atoms with Crippen molar-refractivity contribution in [1.82, 2.24) is 0 Å². The summed E-state index contributed by atoms with van der Waals surface area (Å²) < 4.78 is 0. The van der Waals surface area contributed by atoms with E-state index in [-0.39, 0.29) is 34.0 Å². The van der Waals surface area contributed by atoms with Gasteiger partial charge in [-0.25, -0.2) is 0 Å². The molecule has 0 saturated heterocycles. The molecule has 3 heteroatoms. The first kappa shape index (κ1) is 17.8. The second-order valence-corrected chi connectivity index (χ2v) is 0. The van der Waals surface area contributed by atoms with Gasteiger partial charge in [0, 0.05) is 0 Å². The van der Waals surface area contributed by atoms with Gasteiger partial charge in [-0.2, -0.15) is 0 Å². The Morgan fingerprint density at radius 3 is 1.00 bits per heavy atom. The molecule has 1 unspecified atom stereocenters. The Hall–Kier alpha value is 1.52. The van der Waals surface area contributed by atoms with E-state index in [4.69, 9.17) is 0 Å². The number of halogens is 2. The Morgan fingerprint density at radius 2 is 1.00 bits per heavy atom. The second kappa shape index (κ2) is 24.3. The van der Waals surface area contributed by atoms with Crippen LogP contribution in [-0.2, 0) is 0 Å². The van der Waals surface area contributed by atoms with Crippen LogP contribution in [0.5, 0.6) is 0 Å². The monoisotopic (exact) mass is 252 g/mol. The fourth-order valence-corrected chi connectivity index (χ4v) is 0. The van der Waals surface area contributed by atoms with Crippen LogP contribution in [0.25, 0.3) is 0 Å². The summed E-state index contributed by atoms with van der Waals surface area (Å²) in [5, 5.41) is 0. The van der Waals surface area contributed by atoms with Crippen LogP contribution in [-0.4, -0.2) is 16.9 Å². The van der Waals surface area contributed by atoms with E-state index in [9.17, 15) is 0 Å². The van der Waals surface area contributed by atoms with Gasteiger partial charge in [-0.3, -0.25) is 0 Å². The molecule has 0 N–H and O–H groups in total. The van der Waals surface area contributed by atoms with E-state index in [0.29, 0.717) is 0 Å². The predicted octanol–water partition coefficient (Wildman–Crippen LogP) is 0.823. The van der Waals surface area contributed by atoms with Crippen LogP contribution in [0, 0.1) is 0 Å². The molecule has 0 rings (SSSR count). The Labute approximate surface area is 56.4 Å². The van der Waals surface area contributed by atoms with Gasteiger partial charge in [0.05, 0.1) is 0 Å². The van der Waals surface area contributed by atoms with Crippen molar-refractivity contribution in [3.05, 3.63) is 0 Å². The van der Waals surface area contributed by atoms with Crippen molar-refractivity contribution in [2.75, 3.05) is 0 Å². The second-order valence-electron chi connectivity index (χ2n) is 0. The molecule has 4 heavy (non-hydrogen) atoms. The Balaban J connectivity index is -0.00000000500. The normalized spacial score (nSPS) is 1.50. The van der Waals surface area contributed by atoms with Crippen molar-refractivity contribution < 1.29 is 0 Å². The zero-order valence-electron chi connectivity index (χ0n) is 2.39. The molecule has 0 bridgehead atoms. The first-order valence-electron chi connectivity index (χ1n) is 0.577. The van der Waals surface area contributed by atoms with Crippen LogP contribution in [0.1, 0.15) is 0 Å². The third-order valence-electron chi connectivity index (χ3n) is 0. The van der Waals surface area contributed by atoms with Gasteiger partial charge in [-0.1, -0.05) is 0 Å². The van der Waals surface area contributed by atoms with E-state index in [1.165, 1.54) is 0 Å². The molecule has 0 saturated carbocycles. The summed E-state index contributed by atoms with van der Waals surface area (Å²) in [5.41, 5.74) is 2.06. The summed E-state index contributed by atoms with van der Waals surface area (Å²) in [7, 11) is 0. The van der Waals surface area contributed by atoms with E-state index < -0.39 is 0 Å². The number of hydrogen-bond acceptors (Lipinski definition) is 0. The van der Waals surface area contributed by atoms with Gasteiger partial charge >= 0.3 is 22.6 Å². The van der Waals surface area contributed by atoms with E-state index in [2.05, 4.69) is 5.71 Å². The standard InChI is InChI=1S/CH5As.2BrH/c1-2;;/h2H2,1H3;2*1H. The van der Waals surface area contributed by atoms with E-state index in [1.807, 2.05) is 0 Å². The van der Waals surface area contributed by atoms with Gasteiger partial charge in [-0.15, -0.1) is 34.0 Å². The van der Waals surface area contributed by atoms with E-state index in [0.717, 1.165) is 0 Å². The van der Waals surface area contributed by atoms with Gasteiger partial charge in [0.1, 0.15) is 0 Å².